The molecule has 0 saturated carbocycles. The first kappa shape index (κ1) is 14.4. The molecule has 0 bridgehead atoms. The molecule has 1 heterocycles. The molecular weight excluding hydrogens is 299 g/mol. The van der Waals surface area contributed by atoms with Gasteiger partial charge >= 0.3 is 12.3 Å². The molecule has 0 saturated heterocycles. The number of methoxy groups -OCH3 is 1. The topological polar surface area (TPSA) is 48.4 Å². The maximum absolute atomic E-state index is 12.1. The maximum Gasteiger partial charge on any atom is 0.573 e. The van der Waals surface area contributed by atoms with Crippen molar-refractivity contribution in [3.8, 4) is 5.75 Å². The predicted octanol–water partition coefficient (Wildman–Crippen LogP) is 3.57. The van der Waals surface area contributed by atoms with Gasteiger partial charge in [-0.15, -0.1) is 13.2 Å². The summed E-state index contributed by atoms with van der Waals surface area (Å²) in [4.78, 5) is 15.3. The first-order chi connectivity index (χ1) is 9.30. The van der Waals surface area contributed by atoms with Crippen molar-refractivity contribution in [2.75, 3.05) is 7.11 Å². The first-order valence-electron chi connectivity index (χ1n) is 5.24. The molecule has 0 N–H and O–H groups in total. The van der Waals surface area contributed by atoms with Gasteiger partial charge in [-0.1, -0.05) is 11.6 Å². The molecule has 1 aromatic carbocycles. The number of hydrogen-bond donors (Lipinski definition) is 0. The van der Waals surface area contributed by atoms with Crippen molar-refractivity contribution >= 4 is 28.5 Å². The average molecular weight is 306 g/mol. The van der Waals surface area contributed by atoms with Crippen LogP contribution in [0.25, 0.3) is 10.9 Å². The van der Waals surface area contributed by atoms with Crippen LogP contribution in [0.4, 0.5) is 13.2 Å². The minimum Gasteiger partial charge on any atom is -0.464 e. The number of alkyl halides is 3. The highest BCUT2D eigenvalue weighted by Gasteiger charge is 2.31. The second kappa shape index (κ2) is 5.16. The van der Waals surface area contributed by atoms with Crippen LogP contribution >= 0.6 is 11.6 Å². The maximum atomic E-state index is 12.1. The summed E-state index contributed by atoms with van der Waals surface area (Å²) in [5, 5.41) is 0.309. The van der Waals surface area contributed by atoms with Crippen molar-refractivity contribution in [3.05, 3.63) is 35.0 Å². The lowest BCUT2D eigenvalue weighted by Crippen LogP contribution is -2.17. The van der Waals surface area contributed by atoms with E-state index in [0.29, 0.717) is 0 Å². The van der Waals surface area contributed by atoms with E-state index in [0.717, 1.165) is 12.1 Å². The van der Waals surface area contributed by atoms with E-state index in [2.05, 4.69) is 14.5 Å². The third-order valence-electron chi connectivity index (χ3n) is 2.36. The van der Waals surface area contributed by atoms with E-state index in [1.807, 2.05) is 0 Å². The lowest BCUT2D eigenvalue weighted by atomic mass is 10.2. The molecule has 0 aliphatic heterocycles. The number of fused-ring (bicyclic) bond motifs is 1. The summed E-state index contributed by atoms with van der Waals surface area (Å²) in [5.74, 6) is -1.11. The summed E-state index contributed by atoms with van der Waals surface area (Å²) >= 11 is 5.92. The number of pyridine rings is 1. The quantitative estimate of drug-likeness (QED) is 0.796. The van der Waals surface area contributed by atoms with Gasteiger partial charge in [-0.05, 0) is 24.3 Å². The van der Waals surface area contributed by atoms with Gasteiger partial charge in [-0.25, -0.2) is 9.78 Å². The molecule has 0 radical (unpaired) electrons. The van der Waals surface area contributed by atoms with E-state index in [1.54, 1.807) is 0 Å². The SMILES string of the molecule is COC(=O)c1cc(Cl)c2cc(OC(F)(F)F)ccc2n1. The first-order valence-corrected chi connectivity index (χ1v) is 5.62. The Hall–Kier alpha value is -2.02. The molecule has 106 valence electrons. The molecule has 20 heavy (non-hydrogen) atoms. The molecule has 0 unspecified atom stereocenters. The zero-order valence-corrected chi connectivity index (χ0v) is 10.7. The predicted molar refractivity (Wildman–Crippen MR) is 64.8 cm³/mol. The zero-order valence-electron chi connectivity index (χ0n) is 9.99. The Kier molecular flexibility index (Phi) is 3.71. The number of hydrogen-bond acceptors (Lipinski definition) is 4. The van der Waals surface area contributed by atoms with Crippen LogP contribution in [0.5, 0.6) is 5.75 Å². The number of nitrogens with zero attached hydrogens (tertiary/aromatic N) is 1. The molecule has 2 rings (SSSR count). The van der Waals surface area contributed by atoms with Crippen LogP contribution in [-0.2, 0) is 4.74 Å². The van der Waals surface area contributed by atoms with Crippen LogP contribution in [0.1, 0.15) is 10.5 Å². The molecule has 0 fully saturated rings. The fraction of sp³-hybridized carbons (Fsp3) is 0.167. The highest BCUT2D eigenvalue weighted by atomic mass is 35.5. The lowest BCUT2D eigenvalue weighted by Gasteiger charge is -2.10. The van der Waals surface area contributed by atoms with Gasteiger partial charge in [-0.3, -0.25) is 0 Å². The number of carbonyl (C=O) groups is 1. The van der Waals surface area contributed by atoms with Crippen molar-refractivity contribution in [3.63, 3.8) is 0 Å². The van der Waals surface area contributed by atoms with Gasteiger partial charge in [0.25, 0.3) is 0 Å². The Morgan fingerprint density at radius 3 is 2.60 bits per heavy atom. The summed E-state index contributed by atoms with van der Waals surface area (Å²) in [6, 6.07) is 4.67. The molecule has 4 nitrogen and oxygen atoms in total. The van der Waals surface area contributed by atoms with Crippen molar-refractivity contribution < 1.29 is 27.4 Å². The fourth-order valence-electron chi connectivity index (χ4n) is 1.57. The van der Waals surface area contributed by atoms with Crippen LogP contribution in [0, 0.1) is 0 Å². The van der Waals surface area contributed by atoms with E-state index in [4.69, 9.17) is 11.6 Å². The monoisotopic (exact) mass is 305 g/mol. The molecule has 8 heteroatoms. The number of benzene rings is 1. The third-order valence-corrected chi connectivity index (χ3v) is 2.67. The van der Waals surface area contributed by atoms with Gasteiger partial charge in [0.15, 0.2) is 5.69 Å². The molecular formula is C12H7ClF3NO3. The molecule has 0 spiro atoms. The number of aromatic nitrogens is 1. The Morgan fingerprint density at radius 2 is 2.00 bits per heavy atom. The summed E-state index contributed by atoms with van der Waals surface area (Å²) in [7, 11) is 1.18. The van der Waals surface area contributed by atoms with Gasteiger partial charge in [-0.2, -0.15) is 0 Å². The van der Waals surface area contributed by atoms with E-state index in [1.165, 1.54) is 19.2 Å². The second-order valence-electron chi connectivity index (χ2n) is 3.71. The van der Waals surface area contributed by atoms with Gasteiger partial charge in [0.05, 0.1) is 17.6 Å². The van der Waals surface area contributed by atoms with Crippen molar-refractivity contribution in [2.24, 2.45) is 0 Å². The summed E-state index contributed by atoms with van der Waals surface area (Å²) in [5.41, 5.74) is 0.224. The van der Waals surface area contributed by atoms with Crippen LogP contribution in [0.3, 0.4) is 0 Å². The van der Waals surface area contributed by atoms with Gasteiger partial charge in [0, 0.05) is 5.39 Å². The summed E-state index contributed by atoms with van der Waals surface area (Å²) in [6.07, 6.45) is -4.79. The van der Waals surface area contributed by atoms with E-state index >= 15 is 0 Å². The Labute approximate surface area is 116 Å². The number of carbonyl (C=O) groups excluding carboxylic acids is 1. The number of halogens is 4. The number of ether oxygens (including phenoxy) is 2. The Balaban J connectivity index is 2.49. The molecule has 0 amide bonds. The largest absolute Gasteiger partial charge is 0.573 e. The second-order valence-corrected chi connectivity index (χ2v) is 4.11. The van der Waals surface area contributed by atoms with Gasteiger partial charge < -0.3 is 9.47 Å². The molecule has 0 aliphatic rings. The lowest BCUT2D eigenvalue weighted by molar-refractivity contribution is -0.274. The minimum atomic E-state index is -4.79. The van der Waals surface area contributed by atoms with E-state index < -0.39 is 18.1 Å². The Morgan fingerprint density at radius 1 is 1.30 bits per heavy atom. The van der Waals surface area contributed by atoms with Crippen LogP contribution in [0.15, 0.2) is 24.3 Å². The third kappa shape index (κ3) is 3.11. The van der Waals surface area contributed by atoms with E-state index in [-0.39, 0.29) is 21.6 Å². The number of esters is 1. The average Bonchev–Trinajstić information content (AvgIpc) is 2.36. The van der Waals surface area contributed by atoms with Gasteiger partial charge in [0.2, 0.25) is 0 Å². The normalized spacial score (nSPS) is 11.4. The van der Waals surface area contributed by atoms with E-state index in [9.17, 15) is 18.0 Å². The fourth-order valence-corrected chi connectivity index (χ4v) is 1.82. The highest BCUT2D eigenvalue weighted by Crippen LogP contribution is 2.30. The van der Waals surface area contributed by atoms with Crippen LogP contribution < -0.4 is 4.74 Å². The number of rotatable bonds is 2. The van der Waals surface area contributed by atoms with Gasteiger partial charge in [0.1, 0.15) is 5.75 Å². The molecule has 0 atom stereocenters. The highest BCUT2D eigenvalue weighted by molar-refractivity contribution is 6.35. The summed E-state index contributed by atoms with van der Waals surface area (Å²) in [6.45, 7) is 0. The van der Waals surface area contributed by atoms with Crippen LogP contribution in [-0.4, -0.2) is 24.4 Å². The minimum absolute atomic E-state index is 0.0329. The molecule has 1 aromatic heterocycles. The van der Waals surface area contributed by atoms with Crippen molar-refractivity contribution in [2.45, 2.75) is 6.36 Å². The van der Waals surface area contributed by atoms with Crippen molar-refractivity contribution in [1.29, 1.82) is 0 Å². The smallest absolute Gasteiger partial charge is 0.464 e. The molecule has 0 aliphatic carbocycles. The van der Waals surface area contributed by atoms with Crippen molar-refractivity contribution in [1.82, 2.24) is 4.98 Å². The molecule has 2 aromatic rings. The zero-order chi connectivity index (χ0) is 14.9. The summed E-state index contributed by atoms with van der Waals surface area (Å²) < 4.78 is 44.7. The standard InChI is InChI=1S/C12H7ClF3NO3/c1-19-11(18)10-5-8(13)7-4-6(20-12(14,15)16)2-3-9(7)17-10/h2-5H,1H3. The Bertz CT molecular complexity index is 673. The van der Waals surface area contributed by atoms with Crippen LogP contribution in [0.2, 0.25) is 5.02 Å².